The summed E-state index contributed by atoms with van der Waals surface area (Å²) in [5.74, 6) is -0.0595. The first-order chi connectivity index (χ1) is 11.1. The number of ether oxygens (including phenoxy) is 1. The van der Waals surface area contributed by atoms with E-state index in [1.54, 1.807) is 16.8 Å². The molecular weight excluding hydrogens is 304 g/mol. The molecule has 0 aliphatic carbocycles. The molecule has 1 fully saturated rings. The van der Waals surface area contributed by atoms with Crippen LogP contribution in [0.4, 0.5) is 10.5 Å². The second-order valence-corrected chi connectivity index (χ2v) is 7.47. The molecule has 0 spiro atoms. The van der Waals surface area contributed by atoms with Gasteiger partial charge in [0.15, 0.2) is 0 Å². The summed E-state index contributed by atoms with van der Waals surface area (Å²) < 4.78 is 5.45. The molecule has 1 saturated heterocycles. The molecule has 1 heterocycles. The van der Waals surface area contributed by atoms with Gasteiger partial charge < -0.3 is 9.64 Å². The summed E-state index contributed by atoms with van der Waals surface area (Å²) in [6.45, 7) is 10.0. The number of carbonyl (C=O) groups is 2. The van der Waals surface area contributed by atoms with Crippen molar-refractivity contribution >= 4 is 17.7 Å². The summed E-state index contributed by atoms with van der Waals surface area (Å²) in [6.07, 6.45) is 1.08. The summed E-state index contributed by atoms with van der Waals surface area (Å²) in [5, 5.41) is 0. The lowest BCUT2D eigenvalue weighted by Crippen LogP contribution is -2.48. The number of amides is 2. The minimum atomic E-state index is -0.564. The first-order valence-electron chi connectivity index (χ1n) is 8.45. The van der Waals surface area contributed by atoms with Gasteiger partial charge in [-0.05, 0) is 58.6 Å². The highest BCUT2D eigenvalue weighted by atomic mass is 16.6. The molecule has 0 radical (unpaired) electrons. The van der Waals surface area contributed by atoms with E-state index in [0.717, 1.165) is 23.2 Å². The van der Waals surface area contributed by atoms with E-state index in [9.17, 15) is 9.59 Å². The van der Waals surface area contributed by atoms with Crippen LogP contribution in [0.3, 0.4) is 0 Å². The van der Waals surface area contributed by atoms with Crippen LogP contribution in [0.1, 0.15) is 44.7 Å². The Morgan fingerprint density at radius 3 is 2.33 bits per heavy atom. The van der Waals surface area contributed by atoms with Crippen molar-refractivity contribution in [2.45, 2.75) is 59.1 Å². The van der Waals surface area contributed by atoms with Crippen molar-refractivity contribution in [3.63, 3.8) is 0 Å². The zero-order valence-electron chi connectivity index (χ0n) is 15.5. The number of para-hydroxylation sites is 1. The normalized spacial score (nSPS) is 17.8. The number of hydrogen-bond donors (Lipinski definition) is 0. The van der Waals surface area contributed by atoms with Crippen molar-refractivity contribution in [3.8, 4) is 0 Å². The number of rotatable bonds is 2. The van der Waals surface area contributed by atoms with Gasteiger partial charge in [0.1, 0.15) is 11.6 Å². The SMILES string of the molecule is Cc1cccc(C)c1N(C)C(=O)[C@@H]1CCCN1C(=O)OC(C)(C)C. The third-order valence-corrected chi connectivity index (χ3v) is 4.27. The van der Waals surface area contributed by atoms with Gasteiger partial charge in [-0.25, -0.2) is 4.79 Å². The van der Waals surface area contributed by atoms with Crippen molar-refractivity contribution in [3.05, 3.63) is 29.3 Å². The summed E-state index contributed by atoms with van der Waals surface area (Å²) in [4.78, 5) is 28.7. The van der Waals surface area contributed by atoms with E-state index < -0.39 is 17.7 Å². The Balaban J connectivity index is 2.20. The molecule has 1 aliphatic rings. The smallest absolute Gasteiger partial charge is 0.410 e. The van der Waals surface area contributed by atoms with Crippen LogP contribution in [0.5, 0.6) is 0 Å². The van der Waals surface area contributed by atoms with Crippen molar-refractivity contribution in [2.24, 2.45) is 0 Å². The molecule has 1 aromatic rings. The number of carbonyl (C=O) groups excluding carboxylic acids is 2. The van der Waals surface area contributed by atoms with Gasteiger partial charge in [-0.3, -0.25) is 9.69 Å². The number of anilines is 1. The number of likely N-dealkylation sites (tertiary alicyclic amines) is 1. The van der Waals surface area contributed by atoms with Crippen LogP contribution in [0, 0.1) is 13.8 Å². The van der Waals surface area contributed by atoms with E-state index in [1.807, 2.05) is 52.8 Å². The van der Waals surface area contributed by atoms with Gasteiger partial charge in [0, 0.05) is 19.3 Å². The molecule has 0 bridgehead atoms. The number of aryl methyl sites for hydroxylation is 2. The standard InChI is InChI=1S/C19H28N2O3/c1-13-9-7-10-14(2)16(13)20(6)17(22)15-11-8-12-21(15)18(23)24-19(3,4)5/h7,9-10,15H,8,11-12H2,1-6H3/t15-/m0/s1. The molecule has 1 aromatic carbocycles. The van der Waals surface area contributed by atoms with Crippen LogP contribution in [0.2, 0.25) is 0 Å². The van der Waals surface area contributed by atoms with Gasteiger partial charge in [-0.15, -0.1) is 0 Å². The highest BCUT2D eigenvalue weighted by Gasteiger charge is 2.38. The Bertz CT molecular complexity index is 614. The van der Waals surface area contributed by atoms with Gasteiger partial charge in [0.25, 0.3) is 0 Å². The maximum Gasteiger partial charge on any atom is 0.410 e. The highest BCUT2D eigenvalue weighted by Crippen LogP contribution is 2.28. The molecule has 2 amide bonds. The van der Waals surface area contributed by atoms with Crippen LogP contribution in [0.25, 0.3) is 0 Å². The predicted molar refractivity (Wildman–Crippen MR) is 95.3 cm³/mol. The van der Waals surface area contributed by atoms with Crippen LogP contribution in [0.15, 0.2) is 18.2 Å². The molecule has 1 atom stereocenters. The Morgan fingerprint density at radius 1 is 1.21 bits per heavy atom. The third kappa shape index (κ3) is 3.89. The summed E-state index contributed by atoms with van der Waals surface area (Å²) >= 11 is 0. The lowest BCUT2D eigenvalue weighted by molar-refractivity contribution is -0.122. The lowest BCUT2D eigenvalue weighted by Gasteiger charge is -2.31. The Kier molecular flexibility index (Phi) is 5.21. The van der Waals surface area contributed by atoms with E-state index in [0.29, 0.717) is 13.0 Å². The molecule has 2 rings (SSSR count). The molecule has 0 aromatic heterocycles. The number of benzene rings is 1. The fraction of sp³-hybridized carbons (Fsp3) is 0.579. The minimum absolute atomic E-state index is 0.0595. The van der Waals surface area contributed by atoms with Crippen LogP contribution >= 0.6 is 0 Å². The van der Waals surface area contributed by atoms with Gasteiger partial charge in [-0.2, -0.15) is 0 Å². The van der Waals surface area contributed by atoms with Crippen molar-refractivity contribution in [1.82, 2.24) is 4.90 Å². The Morgan fingerprint density at radius 2 is 1.79 bits per heavy atom. The van der Waals surface area contributed by atoms with Crippen molar-refractivity contribution in [1.29, 1.82) is 0 Å². The van der Waals surface area contributed by atoms with Gasteiger partial charge in [0.05, 0.1) is 0 Å². The monoisotopic (exact) mass is 332 g/mol. The van der Waals surface area contributed by atoms with Crippen molar-refractivity contribution < 1.29 is 14.3 Å². The summed E-state index contributed by atoms with van der Waals surface area (Å²) in [6, 6.07) is 5.51. The molecule has 5 nitrogen and oxygen atoms in total. The zero-order valence-corrected chi connectivity index (χ0v) is 15.5. The Hall–Kier alpha value is -2.04. The largest absolute Gasteiger partial charge is 0.444 e. The molecule has 1 aliphatic heterocycles. The third-order valence-electron chi connectivity index (χ3n) is 4.27. The summed E-state index contributed by atoms with van der Waals surface area (Å²) in [5.41, 5.74) is 2.45. The average molecular weight is 332 g/mol. The van der Waals surface area contributed by atoms with Gasteiger partial charge in [0.2, 0.25) is 5.91 Å². The molecule has 0 N–H and O–H groups in total. The van der Waals surface area contributed by atoms with E-state index in [2.05, 4.69) is 0 Å². The quantitative estimate of drug-likeness (QED) is 0.830. The maximum atomic E-state index is 13.0. The average Bonchev–Trinajstić information content (AvgIpc) is 2.93. The Labute approximate surface area is 144 Å². The van der Waals surface area contributed by atoms with Crippen molar-refractivity contribution in [2.75, 3.05) is 18.5 Å². The number of hydrogen-bond acceptors (Lipinski definition) is 3. The van der Waals surface area contributed by atoms with E-state index in [-0.39, 0.29) is 5.91 Å². The topological polar surface area (TPSA) is 49.9 Å². The number of likely N-dealkylation sites (N-methyl/N-ethyl adjacent to an activating group) is 1. The molecule has 0 saturated carbocycles. The fourth-order valence-corrected chi connectivity index (χ4v) is 3.23. The molecule has 0 unspecified atom stereocenters. The van der Waals surface area contributed by atoms with Crippen LogP contribution in [-0.4, -0.2) is 42.1 Å². The van der Waals surface area contributed by atoms with E-state index in [1.165, 1.54) is 0 Å². The zero-order chi connectivity index (χ0) is 18.1. The van der Waals surface area contributed by atoms with E-state index >= 15 is 0 Å². The molecular formula is C19H28N2O3. The first kappa shape index (κ1) is 18.3. The second kappa shape index (κ2) is 6.83. The lowest BCUT2D eigenvalue weighted by atomic mass is 10.1. The molecule has 24 heavy (non-hydrogen) atoms. The first-order valence-corrected chi connectivity index (χ1v) is 8.45. The highest BCUT2D eigenvalue weighted by molar-refractivity contribution is 5.99. The minimum Gasteiger partial charge on any atom is -0.444 e. The van der Waals surface area contributed by atoms with Gasteiger partial charge in [-0.1, -0.05) is 18.2 Å². The molecule has 5 heteroatoms. The predicted octanol–water partition coefficient (Wildman–Crippen LogP) is 3.67. The van der Waals surface area contributed by atoms with Gasteiger partial charge >= 0.3 is 6.09 Å². The second-order valence-electron chi connectivity index (χ2n) is 7.47. The van der Waals surface area contributed by atoms with E-state index in [4.69, 9.17) is 4.74 Å². The van der Waals surface area contributed by atoms with Crippen LogP contribution in [-0.2, 0) is 9.53 Å². The summed E-state index contributed by atoms with van der Waals surface area (Å²) in [7, 11) is 1.78. The molecule has 132 valence electrons. The van der Waals surface area contributed by atoms with Crippen LogP contribution < -0.4 is 4.90 Å². The maximum absolute atomic E-state index is 13.0. The number of nitrogens with zero attached hydrogens (tertiary/aromatic N) is 2. The fourth-order valence-electron chi connectivity index (χ4n) is 3.23.